The van der Waals surface area contributed by atoms with E-state index in [0.717, 1.165) is 39.1 Å². The molecule has 5 nitrogen and oxygen atoms in total. The van der Waals surface area contributed by atoms with Crippen molar-refractivity contribution in [3.63, 3.8) is 0 Å². The Balaban J connectivity index is 1.80. The van der Waals surface area contributed by atoms with E-state index in [0.29, 0.717) is 12.6 Å². The number of hydrogen-bond donors (Lipinski definition) is 2. The van der Waals surface area contributed by atoms with Gasteiger partial charge in [-0.1, -0.05) is 6.92 Å². The molecular weight excluding hydrogens is 230 g/mol. The Labute approximate surface area is 109 Å². The topological polar surface area (TPSA) is 53.6 Å². The molecule has 2 aliphatic heterocycles. The average molecular weight is 255 g/mol. The minimum absolute atomic E-state index is 0.0704. The number of rotatable bonds is 5. The van der Waals surface area contributed by atoms with E-state index in [4.69, 9.17) is 4.74 Å². The van der Waals surface area contributed by atoms with E-state index in [9.17, 15) is 4.79 Å². The summed E-state index contributed by atoms with van der Waals surface area (Å²) in [5.41, 5.74) is 0. The summed E-state index contributed by atoms with van der Waals surface area (Å²) in [7, 11) is 0. The molecule has 18 heavy (non-hydrogen) atoms. The zero-order valence-electron chi connectivity index (χ0n) is 11.3. The maximum absolute atomic E-state index is 12.2. The number of amides is 2. The number of ether oxygens (including phenoxy) is 1. The van der Waals surface area contributed by atoms with Gasteiger partial charge >= 0.3 is 6.03 Å². The lowest BCUT2D eigenvalue weighted by molar-refractivity contribution is 0.175. The van der Waals surface area contributed by atoms with E-state index >= 15 is 0 Å². The molecule has 2 amide bonds. The maximum Gasteiger partial charge on any atom is 0.317 e. The van der Waals surface area contributed by atoms with Gasteiger partial charge in [-0.2, -0.15) is 0 Å². The van der Waals surface area contributed by atoms with Crippen molar-refractivity contribution in [3.05, 3.63) is 0 Å². The summed E-state index contributed by atoms with van der Waals surface area (Å²) in [6, 6.07) is 0.747. The van der Waals surface area contributed by atoms with Crippen LogP contribution >= 0.6 is 0 Å². The number of nitrogens with one attached hydrogen (secondary N) is 2. The van der Waals surface area contributed by atoms with Gasteiger partial charge in [0, 0.05) is 25.7 Å². The Morgan fingerprint density at radius 3 is 3.00 bits per heavy atom. The van der Waals surface area contributed by atoms with E-state index in [1.807, 2.05) is 4.90 Å². The molecule has 0 aromatic carbocycles. The molecule has 2 aliphatic rings. The smallest absolute Gasteiger partial charge is 0.317 e. The van der Waals surface area contributed by atoms with Crippen LogP contribution in [-0.4, -0.2) is 55.9 Å². The summed E-state index contributed by atoms with van der Waals surface area (Å²) < 4.78 is 5.29. The number of carbonyl (C=O) groups is 1. The fourth-order valence-electron chi connectivity index (χ4n) is 2.64. The largest absolute Gasteiger partial charge is 0.379 e. The summed E-state index contributed by atoms with van der Waals surface area (Å²) in [4.78, 5) is 14.2. The highest BCUT2D eigenvalue weighted by atomic mass is 16.5. The predicted molar refractivity (Wildman–Crippen MR) is 70.6 cm³/mol. The molecule has 104 valence electrons. The van der Waals surface area contributed by atoms with Crippen molar-refractivity contribution in [2.75, 3.05) is 32.8 Å². The third kappa shape index (κ3) is 3.85. The minimum atomic E-state index is 0.0704. The van der Waals surface area contributed by atoms with Gasteiger partial charge in [0.15, 0.2) is 0 Å². The van der Waals surface area contributed by atoms with E-state index in [1.54, 1.807) is 0 Å². The first-order valence-electron chi connectivity index (χ1n) is 7.16. The molecule has 0 spiro atoms. The van der Waals surface area contributed by atoms with Gasteiger partial charge in [0.25, 0.3) is 0 Å². The van der Waals surface area contributed by atoms with Crippen LogP contribution in [0.1, 0.15) is 32.6 Å². The van der Waals surface area contributed by atoms with Crippen LogP contribution in [0, 0.1) is 0 Å². The van der Waals surface area contributed by atoms with Crippen LogP contribution in [0.5, 0.6) is 0 Å². The van der Waals surface area contributed by atoms with Crippen molar-refractivity contribution in [1.29, 1.82) is 0 Å². The lowest BCUT2D eigenvalue weighted by atomic mass is 10.2. The standard InChI is InChI=1S/C13H25N3O2/c1-2-7-16(9-11-4-3-6-14-11)13(17)15-12-5-8-18-10-12/h11-12,14H,2-10H2,1H3,(H,15,17). The lowest BCUT2D eigenvalue weighted by Crippen LogP contribution is -2.49. The molecule has 0 aromatic rings. The van der Waals surface area contributed by atoms with E-state index in [2.05, 4.69) is 17.6 Å². The maximum atomic E-state index is 12.2. The second-order valence-electron chi connectivity index (χ2n) is 5.25. The van der Waals surface area contributed by atoms with Crippen molar-refractivity contribution in [3.8, 4) is 0 Å². The normalized spacial score (nSPS) is 27.4. The Hall–Kier alpha value is -0.810. The molecule has 0 aliphatic carbocycles. The molecule has 0 aromatic heterocycles. The first-order chi connectivity index (χ1) is 8.79. The SMILES string of the molecule is CCCN(CC1CCCN1)C(=O)NC1CCOC1. The van der Waals surface area contributed by atoms with Crippen molar-refractivity contribution in [2.45, 2.75) is 44.7 Å². The molecule has 2 rings (SSSR count). The molecule has 0 bridgehead atoms. The van der Waals surface area contributed by atoms with Gasteiger partial charge < -0.3 is 20.3 Å². The van der Waals surface area contributed by atoms with Gasteiger partial charge in [0.1, 0.15) is 0 Å². The molecule has 2 N–H and O–H groups in total. The quantitative estimate of drug-likeness (QED) is 0.769. The van der Waals surface area contributed by atoms with Crippen molar-refractivity contribution >= 4 is 6.03 Å². The number of hydrogen-bond acceptors (Lipinski definition) is 3. The Morgan fingerprint density at radius 1 is 1.50 bits per heavy atom. The van der Waals surface area contributed by atoms with Gasteiger partial charge in [0.05, 0.1) is 12.6 Å². The molecule has 0 radical (unpaired) electrons. The zero-order valence-corrected chi connectivity index (χ0v) is 11.3. The molecule has 2 unspecified atom stereocenters. The van der Waals surface area contributed by atoms with E-state index in [1.165, 1.54) is 12.8 Å². The molecule has 2 atom stereocenters. The predicted octanol–water partition coefficient (Wildman–Crippen LogP) is 0.949. The van der Waals surface area contributed by atoms with Crippen LogP contribution in [0.2, 0.25) is 0 Å². The fourth-order valence-corrected chi connectivity index (χ4v) is 2.64. The van der Waals surface area contributed by atoms with Crippen LogP contribution in [0.15, 0.2) is 0 Å². The Bertz CT molecular complexity index is 261. The summed E-state index contributed by atoms with van der Waals surface area (Å²) in [5, 5.41) is 6.52. The first kappa shape index (κ1) is 13.6. The molecular formula is C13H25N3O2. The molecule has 2 heterocycles. The van der Waals surface area contributed by atoms with Crippen molar-refractivity contribution in [2.24, 2.45) is 0 Å². The third-order valence-electron chi connectivity index (χ3n) is 3.64. The zero-order chi connectivity index (χ0) is 12.8. The van der Waals surface area contributed by atoms with Crippen molar-refractivity contribution < 1.29 is 9.53 Å². The van der Waals surface area contributed by atoms with Gasteiger partial charge in [-0.3, -0.25) is 0 Å². The summed E-state index contributed by atoms with van der Waals surface area (Å²) in [5.74, 6) is 0. The van der Waals surface area contributed by atoms with Crippen LogP contribution < -0.4 is 10.6 Å². The van der Waals surface area contributed by atoms with Gasteiger partial charge in [-0.15, -0.1) is 0 Å². The van der Waals surface area contributed by atoms with Gasteiger partial charge in [-0.25, -0.2) is 4.79 Å². The number of nitrogens with zero attached hydrogens (tertiary/aromatic N) is 1. The van der Waals surface area contributed by atoms with Gasteiger partial charge in [0.2, 0.25) is 0 Å². The second kappa shape index (κ2) is 6.95. The number of urea groups is 1. The lowest BCUT2D eigenvalue weighted by Gasteiger charge is -2.27. The van der Waals surface area contributed by atoms with Crippen LogP contribution in [-0.2, 0) is 4.74 Å². The highest BCUT2D eigenvalue weighted by molar-refractivity contribution is 5.74. The van der Waals surface area contributed by atoms with E-state index < -0.39 is 0 Å². The Morgan fingerprint density at radius 2 is 2.39 bits per heavy atom. The summed E-state index contributed by atoms with van der Waals surface area (Å²) in [6.45, 7) is 6.28. The third-order valence-corrected chi connectivity index (χ3v) is 3.64. The highest BCUT2D eigenvalue weighted by Crippen LogP contribution is 2.09. The minimum Gasteiger partial charge on any atom is -0.379 e. The van der Waals surface area contributed by atoms with Gasteiger partial charge in [-0.05, 0) is 32.2 Å². The van der Waals surface area contributed by atoms with E-state index in [-0.39, 0.29) is 12.1 Å². The van der Waals surface area contributed by atoms with Crippen LogP contribution in [0.4, 0.5) is 4.79 Å². The highest BCUT2D eigenvalue weighted by Gasteiger charge is 2.24. The van der Waals surface area contributed by atoms with Crippen LogP contribution in [0.3, 0.4) is 0 Å². The number of carbonyl (C=O) groups excluding carboxylic acids is 1. The molecule has 2 fully saturated rings. The Kier molecular flexibility index (Phi) is 5.26. The van der Waals surface area contributed by atoms with Crippen molar-refractivity contribution in [1.82, 2.24) is 15.5 Å². The second-order valence-corrected chi connectivity index (χ2v) is 5.25. The molecule has 0 saturated carbocycles. The molecule has 2 saturated heterocycles. The summed E-state index contributed by atoms with van der Waals surface area (Å²) in [6.07, 6.45) is 4.34. The van der Waals surface area contributed by atoms with Crippen LogP contribution in [0.25, 0.3) is 0 Å². The fraction of sp³-hybridized carbons (Fsp3) is 0.923. The average Bonchev–Trinajstić information content (AvgIpc) is 3.01. The first-order valence-corrected chi connectivity index (χ1v) is 7.16. The summed E-state index contributed by atoms with van der Waals surface area (Å²) >= 11 is 0. The molecule has 5 heteroatoms. The monoisotopic (exact) mass is 255 g/mol.